The summed E-state index contributed by atoms with van der Waals surface area (Å²) in [7, 11) is -0.0554. The van der Waals surface area contributed by atoms with Crippen LogP contribution in [0.4, 0.5) is 5.69 Å². The van der Waals surface area contributed by atoms with Crippen molar-refractivity contribution in [2.24, 2.45) is 5.92 Å². The van der Waals surface area contributed by atoms with E-state index in [2.05, 4.69) is 16.5 Å². The fourth-order valence-electron chi connectivity index (χ4n) is 2.69. The van der Waals surface area contributed by atoms with Crippen LogP contribution < -0.4 is 15.2 Å². The summed E-state index contributed by atoms with van der Waals surface area (Å²) in [6.07, 6.45) is 0.799. The second kappa shape index (κ2) is 6.21. The van der Waals surface area contributed by atoms with E-state index in [0.717, 1.165) is 19.5 Å². The molecule has 2 rings (SSSR count). The van der Waals surface area contributed by atoms with Crippen LogP contribution in [0.25, 0.3) is 0 Å². The molecule has 1 aromatic carbocycles. The molecular formula is C14H23N3O3S. The first-order valence-electron chi connectivity index (χ1n) is 6.98. The molecule has 1 fully saturated rings. The molecule has 0 radical (unpaired) electrons. The molecule has 1 aliphatic rings. The molecule has 0 aliphatic carbocycles. The number of methoxy groups -OCH3 is 1. The lowest BCUT2D eigenvalue weighted by atomic mass is 9.95. The van der Waals surface area contributed by atoms with Gasteiger partial charge in [0.05, 0.1) is 12.8 Å². The maximum absolute atomic E-state index is 12.5. The maximum atomic E-state index is 12.5. The summed E-state index contributed by atoms with van der Waals surface area (Å²) in [6.45, 7) is 3.82. The minimum Gasteiger partial charge on any atom is -0.497 e. The first kappa shape index (κ1) is 16.1. The van der Waals surface area contributed by atoms with E-state index in [1.54, 1.807) is 6.07 Å². The van der Waals surface area contributed by atoms with E-state index in [9.17, 15) is 8.42 Å². The molecule has 7 heteroatoms. The first-order chi connectivity index (χ1) is 9.83. The third-order valence-corrected chi connectivity index (χ3v) is 5.49. The molecular weight excluding hydrogens is 290 g/mol. The van der Waals surface area contributed by atoms with Crippen molar-refractivity contribution in [3.63, 3.8) is 0 Å². The number of nitrogens with one attached hydrogen (secondary N) is 1. The van der Waals surface area contributed by atoms with Gasteiger partial charge in [0, 0.05) is 18.7 Å². The number of sulfonamides is 1. The molecule has 0 spiro atoms. The molecule has 1 aliphatic heterocycles. The number of hydrogen-bond acceptors (Lipinski definition) is 5. The zero-order valence-electron chi connectivity index (χ0n) is 12.7. The Bertz CT molecular complexity index is 603. The minimum atomic E-state index is -3.62. The van der Waals surface area contributed by atoms with Crippen LogP contribution in [-0.4, -0.2) is 46.6 Å². The normalized spacial score (nSPS) is 24.0. The van der Waals surface area contributed by atoms with Crippen molar-refractivity contribution in [3.05, 3.63) is 18.2 Å². The number of nitrogens with two attached hydrogens (primary N) is 1. The number of hydrogen-bond donors (Lipinski definition) is 2. The Balaban J connectivity index is 2.19. The van der Waals surface area contributed by atoms with Crippen LogP contribution in [0.3, 0.4) is 0 Å². The highest BCUT2D eigenvalue weighted by molar-refractivity contribution is 7.89. The molecule has 21 heavy (non-hydrogen) atoms. The van der Waals surface area contributed by atoms with E-state index < -0.39 is 10.0 Å². The Kier molecular flexibility index (Phi) is 4.75. The smallest absolute Gasteiger partial charge is 0.242 e. The Morgan fingerprint density at radius 3 is 2.71 bits per heavy atom. The topological polar surface area (TPSA) is 84.7 Å². The average Bonchev–Trinajstić information content (AvgIpc) is 2.41. The lowest BCUT2D eigenvalue weighted by molar-refractivity contribution is 0.188. The van der Waals surface area contributed by atoms with Crippen molar-refractivity contribution in [1.82, 2.24) is 9.62 Å². The van der Waals surface area contributed by atoms with Gasteiger partial charge in [0.2, 0.25) is 10.0 Å². The van der Waals surface area contributed by atoms with Crippen LogP contribution in [0.2, 0.25) is 0 Å². The first-order valence-corrected chi connectivity index (χ1v) is 8.46. The molecule has 6 nitrogen and oxygen atoms in total. The van der Waals surface area contributed by atoms with E-state index >= 15 is 0 Å². The van der Waals surface area contributed by atoms with Crippen LogP contribution in [0.1, 0.15) is 13.3 Å². The highest BCUT2D eigenvalue weighted by atomic mass is 32.2. The van der Waals surface area contributed by atoms with Gasteiger partial charge in [-0.1, -0.05) is 6.92 Å². The highest BCUT2D eigenvalue weighted by Crippen LogP contribution is 2.25. The molecule has 1 aromatic rings. The molecule has 1 saturated heterocycles. The number of piperidine rings is 1. The second-order valence-electron chi connectivity index (χ2n) is 5.66. The van der Waals surface area contributed by atoms with E-state index in [4.69, 9.17) is 10.5 Å². The Hall–Kier alpha value is -1.31. The van der Waals surface area contributed by atoms with E-state index in [0.29, 0.717) is 5.75 Å². The van der Waals surface area contributed by atoms with Crippen molar-refractivity contribution >= 4 is 15.7 Å². The molecule has 1 heterocycles. The number of rotatable bonds is 4. The maximum Gasteiger partial charge on any atom is 0.242 e. The minimum absolute atomic E-state index is 0.0623. The number of nitrogens with zero attached hydrogens (tertiary/aromatic N) is 1. The molecule has 0 bridgehead atoms. The lowest BCUT2D eigenvalue weighted by Crippen LogP contribution is -2.48. The molecule has 0 aromatic heterocycles. The molecule has 118 valence electrons. The number of likely N-dealkylation sites (tertiary alicyclic amines) is 1. The fourth-order valence-corrected chi connectivity index (χ4v) is 4.18. The number of nitrogen functional groups attached to an aromatic ring is 1. The molecule has 0 amide bonds. The van der Waals surface area contributed by atoms with Gasteiger partial charge in [-0.3, -0.25) is 0 Å². The monoisotopic (exact) mass is 313 g/mol. The van der Waals surface area contributed by atoms with Gasteiger partial charge in [-0.05, 0) is 38.1 Å². The van der Waals surface area contributed by atoms with Gasteiger partial charge in [-0.15, -0.1) is 0 Å². The summed E-state index contributed by atoms with van der Waals surface area (Å²) in [5.41, 5.74) is 6.03. The highest BCUT2D eigenvalue weighted by Gasteiger charge is 2.29. The van der Waals surface area contributed by atoms with E-state index in [-0.39, 0.29) is 22.5 Å². The number of anilines is 1. The lowest BCUT2D eigenvalue weighted by Gasteiger charge is -2.35. The van der Waals surface area contributed by atoms with Crippen LogP contribution in [0, 0.1) is 5.92 Å². The zero-order valence-corrected chi connectivity index (χ0v) is 13.5. The Labute approximate surface area is 126 Å². The molecule has 2 atom stereocenters. The molecule has 0 saturated carbocycles. The van der Waals surface area contributed by atoms with Crippen molar-refractivity contribution < 1.29 is 13.2 Å². The van der Waals surface area contributed by atoms with Gasteiger partial charge < -0.3 is 15.4 Å². The summed E-state index contributed by atoms with van der Waals surface area (Å²) >= 11 is 0. The van der Waals surface area contributed by atoms with Crippen LogP contribution in [-0.2, 0) is 10.0 Å². The summed E-state index contributed by atoms with van der Waals surface area (Å²) in [5.74, 6) is 0.803. The quantitative estimate of drug-likeness (QED) is 0.807. The predicted octanol–water partition coefficient (Wildman–Crippen LogP) is 0.896. The standard InChI is InChI=1S/C14H23N3O3S/c1-10-9-17(2)7-6-13(10)16-21(18,19)14-5-4-11(20-3)8-12(14)15/h4-5,8,10,13,16H,6-7,9,15H2,1-3H3. The Morgan fingerprint density at radius 1 is 1.43 bits per heavy atom. The number of ether oxygens (including phenoxy) is 1. The molecule has 2 unspecified atom stereocenters. The summed E-state index contributed by atoms with van der Waals surface area (Å²) in [4.78, 5) is 2.31. The van der Waals surface area contributed by atoms with Gasteiger partial charge in [0.15, 0.2) is 0 Å². The number of benzene rings is 1. The largest absolute Gasteiger partial charge is 0.497 e. The van der Waals surface area contributed by atoms with Crippen LogP contribution >= 0.6 is 0 Å². The summed E-state index contributed by atoms with van der Waals surface area (Å²) in [6, 6.07) is 4.54. The van der Waals surface area contributed by atoms with E-state index in [1.165, 1.54) is 19.2 Å². The van der Waals surface area contributed by atoms with Gasteiger partial charge in [0.1, 0.15) is 10.6 Å². The fraction of sp³-hybridized carbons (Fsp3) is 0.571. The van der Waals surface area contributed by atoms with Crippen LogP contribution in [0.5, 0.6) is 5.75 Å². The predicted molar refractivity (Wildman–Crippen MR) is 82.8 cm³/mol. The average molecular weight is 313 g/mol. The van der Waals surface area contributed by atoms with Crippen molar-refractivity contribution in [2.75, 3.05) is 33.0 Å². The van der Waals surface area contributed by atoms with Crippen molar-refractivity contribution in [2.45, 2.75) is 24.3 Å². The van der Waals surface area contributed by atoms with Gasteiger partial charge >= 0.3 is 0 Å². The van der Waals surface area contributed by atoms with Gasteiger partial charge in [0.25, 0.3) is 0 Å². The second-order valence-corrected chi connectivity index (χ2v) is 7.34. The zero-order chi connectivity index (χ0) is 15.6. The Morgan fingerprint density at radius 2 is 2.14 bits per heavy atom. The van der Waals surface area contributed by atoms with Crippen LogP contribution in [0.15, 0.2) is 23.1 Å². The van der Waals surface area contributed by atoms with E-state index in [1.807, 2.05) is 7.05 Å². The van der Waals surface area contributed by atoms with Crippen molar-refractivity contribution in [3.8, 4) is 5.75 Å². The molecule has 3 N–H and O–H groups in total. The third kappa shape index (κ3) is 3.66. The summed E-state index contributed by atoms with van der Waals surface area (Å²) < 4.78 is 32.8. The van der Waals surface area contributed by atoms with Gasteiger partial charge in [-0.25, -0.2) is 13.1 Å². The third-order valence-electron chi connectivity index (χ3n) is 3.92. The van der Waals surface area contributed by atoms with Gasteiger partial charge in [-0.2, -0.15) is 0 Å². The van der Waals surface area contributed by atoms with Crippen molar-refractivity contribution in [1.29, 1.82) is 0 Å². The SMILES string of the molecule is COc1ccc(S(=O)(=O)NC2CCN(C)CC2C)c(N)c1. The summed E-state index contributed by atoms with van der Waals surface area (Å²) in [5, 5.41) is 0.